The summed E-state index contributed by atoms with van der Waals surface area (Å²) in [5, 5.41) is 4.22. The molecule has 1 atom stereocenters. The Morgan fingerprint density at radius 3 is 1.89 bits per heavy atom. The van der Waals surface area contributed by atoms with E-state index in [1.54, 1.807) is 0 Å². The average molecular weight is 392 g/mol. The van der Waals surface area contributed by atoms with Crippen LogP contribution in [0.2, 0.25) is 5.02 Å². The Morgan fingerprint density at radius 2 is 1.36 bits per heavy atom. The molecule has 3 rings (SSSR count). The molecule has 0 aliphatic heterocycles. The zero-order valence-corrected chi connectivity index (χ0v) is 17.2. The van der Waals surface area contributed by atoms with Gasteiger partial charge in [0.25, 0.3) is 0 Å². The lowest BCUT2D eigenvalue weighted by molar-refractivity contribution is 0.0976. The topological polar surface area (TPSA) is 29.1 Å². The zero-order chi connectivity index (χ0) is 19.9. The van der Waals surface area contributed by atoms with Crippen LogP contribution in [0.4, 0.5) is 5.69 Å². The summed E-state index contributed by atoms with van der Waals surface area (Å²) in [6, 6.07) is 23.9. The summed E-state index contributed by atoms with van der Waals surface area (Å²) in [5.74, 6) is 0.125. The van der Waals surface area contributed by atoms with Crippen LogP contribution in [0, 0.1) is 0 Å². The van der Waals surface area contributed by atoms with Crippen LogP contribution in [0.15, 0.2) is 72.8 Å². The van der Waals surface area contributed by atoms with E-state index in [0.29, 0.717) is 11.4 Å². The number of carbonyl (C=O) groups excluding carboxylic acids is 1. The van der Waals surface area contributed by atoms with Crippen molar-refractivity contribution >= 4 is 23.1 Å². The van der Waals surface area contributed by atoms with Crippen molar-refractivity contribution in [3.63, 3.8) is 0 Å². The van der Waals surface area contributed by atoms with Gasteiger partial charge in [-0.1, -0.05) is 74.0 Å². The molecule has 3 aromatic carbocycles. The van der Waals surface area contributed by atoms with E-state index in [2.05, 4.69) is 43.4 Å². The van der Waals surface area contributed by atoms with Crippen molar-refractivity contribution in [1.29, 1.82) is 0 Å². The summed E-state index contributed by atoms with van der Waals surface area (Å²) in [7, 11) is 0. The molecule has 3 aromatic rings. The van der Waals surface area contributed by atoms with E-state index in [9.17, 15) is 4.79 Å². The smallest absolute Gasteiger partial charge is 0.165 e. The van der Waals surface area contributed by atoms with Gasteiger partial charge >= 0.3 is 0 Å². The Labute approximate surface area is 172 Å². The summed E-state index contributed by atoms with van der Waals surface area (Å²) in [6.07, 6.45) is 2.35. The van der Waals surface area contributed by atoms with Crippen molar-refractivity contribution in [2.45, 2.75) is 39.2 Å². The predicted octanol–water partition coefficient (Wildman–Crippen LogP) is 6.89. The number of rotatable bonds is 8. The molecule has 0 saturated heterocycles. The van der Waals surface area contributed by atoms with Gasteiger partial charge in [-0.3, -0.25) is 4.79 Å². The van der Waals surface area contributed by atoms with Gasteiger partial charge in [-0.2, -0.15) is 0 Å². The molecule has 0 aliphatic carbocycles. The molecule has 3 heteroatoms. The monoisotopic (exact) mass is 391 g/mol. The number of carbonyl (C=O) groups is 1. The standard InChI is InChI=1S/C25H26ClNO/c1-3-18-5-9-21(10-6-18)25(28)17-24(20-11-13-22(26)14-12-20)27-23-15-7-19(4-2)8-16-23/h5-16,24,27H,3-4,17H2,1-2H3/t24-/m1/s1. The minimum atomic E-state index is -0.122. The van der Waals surface area contributed by atoms with E-state index in [4.69, 9.17) is 11.6 Å². The molecule has 0 spiro atoms. The molecule has 0 heterocycles. The number of halogens is 1. The lowest BCUT2D eigenvalue weighted by atomic mass is 9.96. The van der Waals surface area contributed by atoms with Gasteiger partial charge in [0.2, 0.25) is 0 Å². The van der Waals surface area contributed by atoms with E-state index >= 15 is 0 Å². The summed E-state index contributed by atoms with van der Waals surface area (Å²) in [6.45, 7) is 4.25. The maximum absolute atomic E-state index is 12.9. The molecular weight excluding hydrogens is 366 g/mol. The highest BCUT2D eigenvalue weighted by atomic mass is 35.5. The molecule has 0 aromatic heterocycles. The van der Waals surface area contributed by atoms with Crippen molar-refractivity contribution in [2.24, 2.45) is 0 Å². The Kier molecular flexibility index (Phi) is 6.89. The van der Waals surface area contributed by atoms with Crippen LogP contribution in [0.3, 0.4) is 0 Å². The Bertz CT molecular complexity index is 899. The van der Waals surface area contributed by atoms with Gasteiger partial charge in [-0.25, -0.2) is 0 Å². The molecule has 0 saturated carbocycles. The number of benzene rings is 3. The fourth-order valence-electron chi connectivity index (χ4n) is 3.21. The molecule has 1 N–H and O–H groups in total. The van der Waals surface area contributed by atoms with Gasteiger partial charge in [0.1, 0.15) is 0 Å². The van der Waals surface area contributed by atoms with Crippen LogP contribution in [0.1, 0.15) is 53.4 Å². The first-order valence-corrected chi connectivity index (χ1v) is 10.2. The second-order valence-corrected chi connectivity index (χ2v) is 7.41. The fourth-order valence-corrected chi connectivity index (χ4v) is 3.34. The van der Waals surface area contributed by atoms with Crippen LogP contribution in [0.25, 0.3) is 0 Å². The van der Waals surface area contributed by atoms with Crippen molar-refractivity contribution in [3.05, 3.63) is 100 Å². The molecule has 0 aliphatic rings. The molecule has 144 valence electrons. The van der Waals surface area contributed by atoms with Crippen LogP contribution in [-0.4, -0.2) is 5.78 Å². The lowest BCUT2D eigenvalue weighted by Crippen LogP contribution is -2.16. The third kappa shape index (κ3) is 5.24. The van der Waals surface area contributed by atoms with Crippen LogP contribution in [-0.2, 0) is 12.8 Å². The lowest BCUT2D eigenvalue weighted by Gasteiger charge is -2.20. The molecule has 2 nitrogen and oxygen atoms in total. The van der Waals surface area contributed by atoms with E-state index in [0.717, 1.165) is 29.7 Å². The van der Waals surface area contributed by atoms with Crippen LogP contribution < -0.4 is 5.32 Å². The van der Waals surface area contributed by atoms with E-state index < -0.39 is 0 Å². The summed E-state index contributed by atoms with van der Waals surface area (Å²) >= 11 is 6.05. The maximum Gasteiger partial charge on any atom is 0.165 e. The van der Waals surface area contributed by atoms with Gasteiger partial charge in [0, 0.05) is 22.7 Å². The van der Waals surface area contributed by atoms with Gasteiger partial charge in [-0.05, 0) is 53.8 Å². The third-order valence-electron chi connectivity index (χ3n) is 5.05. The van der Waals surface area contributed by atoms with Crippen molar-refractivity contribution in [2.75, 3.05) is 5.32 Å². The fraction of sp³-hybridized carbons (Fsp3) is 0.240. The van der Waals surface area contributed by atoms with Crippen LogP contribution in [0.5, 0.6) is 0 Å². The second-order valence-electron chi connectivity index (χ2n) is 6.98. The summed E-state index contributed by atoms with van der Waals surface area (Å²) in [5.41, 5.74) is 5.33. The Morgan fingerprint density at radius 1 is 0.821 bits per heavy atom. The van der Waals surface area contributed by atoms with Gasteiger partial charge in [0.15, 0.2) is 5.78 Å². The minimum Gasteiger partial charge on any atom is -0.378 e. The highest BCUT2D eigenvalue weighted by molar-refractivity contribution is 6.30. The number of anilines is 1. The largest absolute Gasteiger partial charge is 0.378 e. The zero-order valence-electron chi connectivity index (χ0n) is 16.4. The Balaban J connectivity index is 1.82. The van der Waals surface area contributed by atoms with E-state index in [1.165, 1.54) is 11.1 Å². The SMILES string of the molecule is CCc1ccc(N[C@H](CC(=O)c2ccc(CC)cc2)c2ccc(Cl)cc2)cc1. The summed E-state index contributed by atoms with van der Waals surface area (Å²) < 4.78 is 0. The number of nitrogens with one attached hydrogen (secondary N) is 1. The quantitative estimate of drug-likeness (QED) is 0.423. The molecule has 0 fully saturated rings. The number of hydrogen-bond acceptors (Lipinski definition) is 2. The van der Waals surface area contributed by atoms with Gasteiger partial charge in [0.05, 0.1) is 6.04 Å². The molecule has 0 radical (unpaired) electrons. The van der Waals surface area contributed by atoms with E-state index in [-0.39, 0.29) is 11.8 Å². The van der Waals surface area contributed by atoms with Crippen molar-refractivity contribution in [1.82, 2.24) is 0 Å². The first-order valence-electron chi connectivity index (χ1n) is 9.82. The predicted molar refractivity (Wildman–Crippen MR) is 118 cm³/mol. The number of Topliss-reactive ketones (excluding diaryl/α,β-unsaturated/α-hetero) is 1. The molecule has 0 bridgehead atoms. The Hall–Kier alpha value is -2.58. The normalized spacial score (nSPS) is 11.8. The second kappa shape index (κ2) is 9.57. The average Bonchev–Trinajstić information content (AvgIpc) is 2.74. The molecule has 0 unspecified atom stereocenters. The first kappa shape index (κ1) is 20.2. The third-order valence-corrected chi connectivity index (χ3v) is 5.30. The van der Waals surface area contributed by atoms with Crippen LogP contribution >= 0.6 is 11.6 Å². The molecule has 0 amide bonds. The van der Waals surface area contributed by atoms with E-state index in [1.807, 2.05) is 48.5 Å². The number of aryl methyl sites for hydroxylation is 2. The number of ketones is 1. The maximum atomic E-state index is 12.9. The molecule has 28 heavy (non-hydrogen) atoms. The summed E-state index contributed by atoms with van der Waals surface area (Å²) in [4.78, 5) is 12.9. The van der Waals surface area contributed by atoms with Crippen molar-refractivity contribution < 1.29 is 4.79 Å². The van der Waals surface area contributed by atoms with Crippen molar-refractivity contribution in [3.8, 4) is 0 Å². The highest BCUT2D eigenvalue weighted by Gasteiger charge is 2.17. The molecular formula is C25H26ClNO. The first-order chi connectivity index (χ1) is 13.6. The minimum absolute atomic E-state index is 0.122. The highest BCUT2D eigenvalue weighted by Crippen LogP contribution is 2.26. The number of hydrogen-bond donors (Lipinski definition) is 1. The van der Waals surface area contributed by atoms with Gasteiger partial charge < -0.3 is 5.32 Å². The van der Waals surface area contributed by atoms with Gasteiger partial charge in [-0.15, -0.1) is 0 Å².